The first-order chi connectivity index (χ1) is 16.8. The Bertz CT molecular complexity index is 938. The van der Waals surface area contributed by atoms with Crippen LogP contribution < -0.4 is 14.2 Å². The quantitative estimate of drug-likeness (QED) is 0.320. The summed E-state index contributed by atoms with van der Waals surface area (Å²) in [6.07, 6.45) is 3.10. The number of hydrogen-bond acceptors (Lipinski definition) is 5. The van der Waals surface area contributed by atoms with E-state index in [0.717, 1.165) is 68.5 Å². The summed E-state index contributed by atoms with van der Waals surface area (Å²) >= 11 is 0. The average Bonchev–Trinajstić information content (AvgIpc) is 2.90. The summed E-state index contributed by atoms with van der Waals surface area (Å²) in [6.45, 7) is 6.81. The highest BCUT2D eigenvalue weighted by atomic mass is 16.5. The normalized spacial score (nSPS) is 14.0. The van der Waals surface area contributed by atoms with Crippen LogP contribution in [0.1, 0.15) is 24.0 Å². The van der Waals surface area contributed by atoms with Crippen LogP contribution >= 0.6 is 0 Å². The van der Waals surface area contributed by atoms with Crippen LogP contribution in [-0.2, 0) is 17.8 Å². The van der Waals surface area contributed by atoms with Gasteiger partial charge in [-0.25, -0.2) is 0 Å². The number of morpholine rings is 1. The molecule has 0 bridgehead atoms. The first-order valence-corrected chi connectivity index (χ1v) is 12.3. The van der Waals surface area contributed by atoms with Crippen molar-refractivity contribution in [2.24, 2.45) is 0 Å². The Balaban J connectivity index is 1.07. The molecule has 0 atom stereocenters. The molecule has 1 heterocycles. The number of aryl methyl sites for hydroxylation is 1. The van der Waals surface area contributed by atoms with Crippen LogP contribution in [0, 0.1) is 0 Å². The van der Waals surface area contributed by atoms with Gasteiger partial charge in [-0.3, -0.25) is 4.90 Å². The molecule has 0 saturated carbocycles. The maximum absolute atomic E-state index is 5.87. The molecule has 5 heteroatoms. The lowest BCUT2D eigenvalue weighted by Gasteiger charge is -2.26. The molecule has 34 heavy (non-hydrogen) atoms. The van der Waals surface area contributed by atoms with Gasteiger partial charge in [0.15, 0.2) is 0 Å². The summed E-state index contributed by atoms with van der Waals surface area (Å²) in [5.74, 6) is 2.59. The molecule has 4 rings (SSSR count). The number of ether oxygens (including phenoxy) is 4. The van der Waals surface area contributed by atoms with Gasteiger partial charge in [0.25, 0.3) is 0 Å². The summed E-state index contributed by atoms with van der Waals surface area (Å²) in [5.41, 5.74) is 2.52. The Morgan fingerprint density at radius 1 is 0.618 bits per heavy atom. The van der Waals surface area contributed by atoms with Crippen molar-refractivity contribution >= 4 is 0 Å². The molecule has 0 radical (unpaired) electrons. The first kappa shape index (κ1) is 24.1. The molecule has 3 aromatic carbocycles. The minimum atomic E-state index is 0.563. The highest BCUT2D eigenvalue weighted by Gasteiger charge is 2.09. The number of nitrogens with zero attached hydrogens (tertiary/aromatic N) is 1. The Kier molecular flexibility index (Phi) is 9.67. The molecule has 0 spiro atoms. The summed E-state index contributed by atoms with van der Waals surface area (Å²) in [4.78, 5) is 2.48. The second-order valence-electron chi connectivity index (χ2n) is 8.50. The molecule has 1 aliphatic rings. The average molecular weight is 462 g/mol. The van der Waals surface area contributed by atoms with Crippen LogP contribution in [0.3, 0.4) is 0 Å². The fourth-order valence-electron chi connectivity index (χ4n) is 3.90. The van der Waals surface area contributed by atoms with Crippen LogP contribution in [0.25, 0.3) is 0 Å². The third-order valence-electron chi connectivity index (χ3n) is 5.87. The topological polar surface area (TPSA) is 40.2 Å². The number of hydrogen-bond donors (Lipinski definition) is 0. The van der Waals surface area contributed by atoms with Crippen LogP contribution in [0.15, 0.2) is 78.9 Å². The summed E-state index contributed by atoms with van der Waals surface area (Å²) in [6, 6.07) is 26.4. The Morgan fingerprint density at radius 3 is 1.85 bits per heavy atom. The van der Waals surface area contributed by atoms with Gasteiger partial charge in [-0.15, -0.1) is 0 Å². The van der Waals surface area contributed by atoms with E-state index < -0.39 is 0 Å². The van der Waals surface area contributed by atoms with Gasteiger partial charge in [0.05, 0.1) is 26.4 Å². The summed E-state index contributed by atoms with van der Waals surface area (Å²) in [7, 11) is 0. The van der Waals surface area contributed by atoms with Gasteiger partial charge in [-0.2, -0.15) is 0 Å². The van der Waals surface area contributed by atoms with Crippen molar-refractivity contribution in [1.29, 1.82) is 0 Å². The standard InChI is InChI=1S/C29H35NO4/c1-2-6-26(7-3-1)24-34-29-15-13-28(14-16-29)33-21-5-20-32-27-11-9-25(10-12-27)8-4-17-30-18-22-31-23-19-30/h1-3,6-7,9-16H,4-5,8,17-24H2. The highest BCUT2D eigenvalue weighted by molar-refractivity contribution is 5.31. The fourth-order valence-corrected chi connectivity index (χ4v) is 3.90. The molecule has 3 aromatic rings. The molecule has 0 aliphatic carbocycles. The molecule has 0 amide bonds. The molecule has 0 aromatic heterocycles. The van der Waals surface area contributed by atoms with E-state index in [-0.39, 0.29) is 0 Å². The van der Waals surface area contributed by atoms with E-state index in [1.54, 1.807) is 0 Å². The summed E-state index contributed by atoms with van der Waals surface area (Å²) in [5, 5.41) is 0. The van der Waals surface area contributed by atoms with Crippen molar-refractivity contribution < 1.29 is 18.9 Å². The molecule has 1 saturated heterocycles. The van der Waals surface area contributed by atoms with Gasteiger partial charge >= 0.3 is 0 Å². The first-order valence-electron chi connectivity index (χ1n) is 12.3. The zero-order valence-electron chi connectivity index (χ0n) is 19.9. The van der Waals surface area contributed by atoms with Gasteiger partial charge < -0.3 is 18.9 Å². The molecule has 0 unspecified atom stereocenters. The predicted octanol–water partition coefficient (Wildman–Crippen LogP) is 5.38. The van der Waals surface area contributed by atoms with Gasteiger partial charge in [0.1, 0.15) is 23.9 Å². The molecule has 5 nitrogen and oxygen atoms in total. The monoisotopic (exact) mass is 461 g/mol. The maximum Gasteiger partial charge on any atom is 0.120 e. The van der Waals surface area contributed by atoms with Crippen LogP contribution in [-0.4, -0.2) is 51.0 Å². The van der Waals surface area contributed by atoms with E-state index >= 15 is 0 Å². The molecule has 1 aliphatic heterocycles. The predicted molar refractivity (Wildman–Crippen MR) is 135 cm³/mol. The molecular weight excluding hydrogens is 426 g/mol. The lowest BCUT2D eigenvalue weighted by molar-refractivity contribution is 0.0374. The zero-order chi connectivity index (χ0) is 23.3. The number of rotatable bonds is 13. The van der Waals surface area contributed by atoms with Crippen molar-refractivity contribution in [2.75, 3.05) is 46.1 Å². The highest BCUT2D eigenvalue weighted by Crippen LogP contribution is 2.19. The second kappa shape index (κ2) is 13.6. The van der Waals surface area contributed by atoms with Crippen LogP contribution in [0.5, 0.6) is 17.2 Å². The minimum Gasteiger partial charge on any atom is -0.493 e. The van der Waals surface area contributed by atoms with Gasteiger partial charge in [-0.1, -0.05) is 42.5 Å². The molecular formula is C29H35NO4. The minimum absolute atomic E-state index is 0.563. The van der Waals surface area contributed by atoms with Crippen molar-refractivity contribution in [3.63, 3.8) is 0 Å². The maximum atomic E-state index is 5.87. The Morgan fingerprint density at radius 2 is 1.21 bits per heavy atom. The van der Waals surface area contributed by atoms with Crippen molar-refractivity contribution in [2.45, 2.75) is 25.9 Å². The van der Waals surface area contributed by atoms with E-state index in [1.807, 2.05) is 42.5 Å². The van der Waals surface area contributed by atoms with Gasteiger partial charge in [0, 0.05) is 19.5 Å². The van der Waals surface area contributed by atoms with Crippen molar-refractivity contribution in [1.82, 2.24) is 4.90 Å². The van der Waals surface area contributed by atoms with E-state index in [1.165, 1.54) is 12.0 Å². The van der Waals surface area contributed by atoms with Crippen LogP contribution in [0.2, 0.25) is 0 Å². The largest absolute Gasteiger partial charge is 0.493 e. The fraction of sp³-hybridized carbons (Fsp3) is 0.379. The van der Waals surface area contributed by atoms with E-state index in [9.17, 15) is 0 Å². The second-order valence-corrected chi connectivity index (χ2v) is 8.50. The van der Waals surface area contributed by atoms with Crippen molar-refractivity contribution in [3.05, 3.63) is 90.0 Å². The number of benzene rings is 3. The van der Waals surface area contributed by atoms with E-state index in [2.05, 4.69) is 41.3 Å². The molecule has 1 fully saturated rings. The third kappa shape index (κ3) is 8.40. The van der Waals surface area contributed by atoms with Crippen LogP contribution in [0.4, 0.5) is 0 Å². The summed E-state index contributed by atoms with van der Waals surface area (Å²) < 4.78 is 22.9. The Hall–Kier alpha value is -3.02. The van der Waals surface area contributed by atoms with Gasteiger partial charge in [0.2, 0.25) is 0 Å². The van der Waals surface area contributed by atoms with Crippen molar-refractivity contribution in [3.8, 4) is 17.2 Å². The zero-order valence-corrected chi connectivity index (χ0v) is 19.9. The third-order valence-corrected chi connectivity index (χ3v) is 5.87. The SMILES string of the molecule is c1ccc(COc2ccc(OCCCOc3ccc(CCCN4CCOCC4)cc3)cc2)cc1. The van der Waals surface area contributed by atoms with Gasteiger partial charge in [-0.05, 0) is 66.9 Å². The molecule has 180 valence electrons. The molecule has 0 N–H and O–H groups in total. The Labute approximate surface area is 203 Å². The van der Waals surface area contributed by atoms with E-state index in [0.29, 0.717) is 19.8 Å². The lowest BCUT2D eigenvalue weighted by Crippen LogP contribution is -2.36. The van der Waals surface area contributed by atoms with E-state index in [4.69, 9.17) is 18.9 Å². The lowest BCUT2D eigenvalue weighted by atomic mass is 10.1. The smallest absolute Gasteiger partial charge is 0.120 e.